The lowest BCUT2D eigenvalue weighted by Gasteiger charge is -2.33. The summed E-state index contributed by atoms with van der Waals surface area (Å²) in [5, 5.41) is 4.21. The Morgan fingerprint density at radius 1 is 1.17 bits per heavy atom. The molecule has 0 bridgehead atoms. The van der Waals surface area contributed by atoms with Crippen molar-refractivity contribution in [3.05, 3.63) is 35.2 Å². The lowest BCUT2D eigenvalue weighted by molar-refractivity contribution is -0.125. The fourth-order valence-electron chi connectivity index (χ4n) is 4.43. The third-order valence-electron chi connectivity index (χ3n) is 6.13. The first kappa shape index (κ1) is 20.4. The van der Waals surface area contributed by atoms with Crippen LogP contribution in [0.5, 0.6) is 0 Å². The van der Waals surface area contributed by atoms with Crippen molar-refractivity contribution in [2.75, 3.05) is 44.2 Å². The molecule has 0 aliphatic carbocycles. The normalized spacial score (nSPS) is 18.5. The van der Waals surface area contributed by atoms with Gasteiger partial charge in [0.05, 0.1) is 10.7 Å². The number of hydrogen-bond donors (Lipinski definition) is 1. The Morgan fingerprint density at radius 3 is 2.69 bits per heavy atom. The fraction of sp³-hybridized carbons (Fsp3) is 0.545. The molecule has 156 valence electrons. The topological polar surface area (TPSA) is 48.5 Å². The van der Waals surface area contributed by atoms with Crippen molar-refractivity contribution in [1.82, 2.24) is 15.2 Å². The number of pyridine rings is 1. The second-order valence-electron chi connectivity index (χ2n) is 8.04. The fourth-order valence-corrected chi connectivity index (χ4v) is 4.64. The van der Waals surface area contributed by atoms with Gasteiger partial charge in [-0.15, -0.1) is 0 Å². The number of carbonyl (C=O) groups is 1. The molecule has 2 aliphatic rings. The van der Waals surface area contributed by atoms with Crippen molar-refractivity contribution in [2.24, 2.45) is 5.92 Å². The minimum Gasteiger partial charge on any atom is -0.369 e. The van der Waals surface area contributed by atoms with Gasteiger partial charge < -0.3 is 15.1 Å². The highest BCUT2D eigenvalue weighted by Gasteiger charge is 2.26. The number of rotatable bonds is 6. The Balaban J connectivity index is 1.28. The number of amides is 1. The number of carbonyl (C=O) groups excluding carboxylic acids is 1. The quantitative estimate of drug-likeness (QED) is 0.724. The number of likely N-dealkylation sites (tertiary alicyclic amines) is 1. The van der Waals surface area contributed by atoms with Crippen LogP contribution in [0.4, 0.5) is 10.1 Å². The first-order valence-corrected chi connectivity index (χ1v) is 11.0. The number of nitrogens with zero attached hydrogens (tertiary/aromatic N) is 3. The second-order valence-corrected chi connectivity index (χ2v) is 8.45. The molecule has 1 amide bonds. The highest BCUT2D eigenvalue weighted by Crippen LogP contribution is 2.32. The predicted octanol–water partition coefficient (Wildman–Crippen LogP) is 3.85. The van der Waals surface area contributed by atoms with Gasteiger partial charge in [0.15, 0.2) is 5.82 Å². The van der Waals surface area contributed by atoms with E-state index in [2.05, 4.69) is 15.2 Å². The average molecular weight is 419 g/mol. The summed E-state index contributed by atoms with van der Waals surface area (Å²) in [5.41, 5.74) is 0.838. The summed E-state index contributed by atoms with van der Waals surface area (Å²) in [7, 11) is 0. The van der Waals surface area contributed by atoms with Crippen LogP contribution >= 0.6 is 11.6 Å². The highest BCUT2D eigenvalue weighted by atomic mass is 35.5. The van der Waals surface area contributed by atoms with Crippen LogP contribution < -0.4 is 10.2 Å². The molecule has 1 N–H and O–H groups in total. The lowest BCUT2D eigenvalue weighted by Crippen LogP contribution is -2.41. The smallest absolute Gasteiger partial charge is 0.223 e. The third-order valence-corrected chi connectivity index (χ3v) is 6.46. The summed E-state index contributed by atoms with van der Waals surface area (Å²) in [5.74, 6) is -0.192. The minimum absolute atomic E-state index is 0.00845. The number of aromatic nitrogens is 1. The van der Waals surface area contributed by atoms with Gasteiger partial charge in [-0.1, -0.05) is 11.6 Å². The SMILES string of the molecule is O=C(NCCCN1CCCC1)C1CCN(c2ccc3c(Cl)ccnc3c2F)CC1. The maximum absolute atomic E-state index is 15.0. The lowest BCUT2D eigenvalue weighted by atomic mass is 9.95. The molecule has 0 saturated carbocycles. The molecule has 2 saturated heterocycles. The molecular weight excluding hydrogens is 391 g/mol. The zero-order valence-electron chi connectivity index (χ0n) is 16.7. The van der Waals surface area contributed by atoms with Crippen molar-refractivity contribution in [1.29, 1.82) is 0 Å². The largest absolute Gasteiger partial charge is 0.369 e. The van der Waals surface area contributed by atoms with Crippen molar-refractivity contribution in [3.8, 4) is 0 Å². The molecule has 2 fully saturated rings. The maximum Gasteiger partial charge on any atom is 0.223 e. The Labute approximate surface area is 176 Å². The van der Waals surface area contributed by atoms with E-state index >= 15 is 0 Å². The molecule has 2 aromatic rings. The van der Waals surface area contributed by atoms with Crippen LogP contribution in [0, 0.1) is 11.7 Å². The zero-order chi connectivity index (χ0) is 20.2. The van der Waals surface area contributed by atoms with Crippen LogP contribution in [0.3, 0.4) is 0 Å². The number of halogens is 2. The van der Waals surface area contributed by atoms with Gasteiger partial charge in [0.25, 0.3) is 0 Å². The van der Waals surface area contributed by atoms with E-state index in [1.165, 1.54) is 32.1 Å². The van der Waals surface area contributed by atoms with Gasteiger partial charge in [-0.2, -0.15) is 0 Å². The molecular formula is C22H28ClFN4O. The standard InChI is InChI=1S/C22H28ClFN4O/c23-18-6-10-25-21-17(18)4-5-19(20(21)24)28-14-7-16(8-15-28)22(29)26-9-3-13-27-11-1-2-12-27/h4-6,10,16H,1-3,7-9,11-15H2,(H,26,29). The minimum atomic E-state index is -0.338. The van der Waals surface area contributed by atoms with E-state index in [0.29, 0.717) is 34.7 Å². The van der Waals surface area contributed by atoms with Gasteiger partial charge in [0, 0.05) is 37.1 Å². The third kappa shape index (κ3) is 4.64. The van der Waals surface area contributed by atoms with Gasteiger partial charge in [0.2, 0.25) is 5.91 Å². The first-order chi connectivity index (χ1) is 14.1. The summed E-state index contributed by atoms with van der Waals surface area (Å²) in [6.07, 6.45) is 6.59. The number of hydrogen-bond acceptors (Lipinski definition) is 4. The van der Waals surface area contributed by atoms with Crippen LogP contribution in [0.1, 0.15) is 32.1 Å². The van der Waals surface area contributed by atoms with Crippen molar-refractivity contribution < 1.29 is 9.18 Å². The predicted molar refractivity (Wildman–Crippen MR) is 115 cm³/mol. The number of benzene rings is 1. The molecule has 5 nitrogen and oxygen atoms in total. The number of anilines is 1. The van der Waals surface area contributed by atoms with Crippen LogP contribution in [0.15, 0.2) is 24.4 Å². The van der Waals surface area contributed by atoms with E-state index in [0.717, 1.165) is 32.4 Å². The summed E-state index contributed by atoms with van der Waals surface area (Å²) < 4.78 is 15.0. The van der Waals surface area contributed by atoms with Crippen LogP contribution in [0.25, 0.3) is 10.9 Å². The van der Waals surface area contributed by atoms with Gasteiger partial charge in [-0.25, -0.2) is 4.39 Å². The van der Waals surface area contributed by atoms with Crippen LogP contribution in [-0.2, 0) is 4.79 Å². The molecule has 7 heteroatoms. The van der Waals surface area contributed by atoms with E-state index < -0.39 is 0 Å². The summed E-state index contributed by atoms with van der Waals surface area (Å²) in [6.45, 7) is 5.52. The average Bonchev–Trinajstić information content (AvgIpc) is 3.26. The van der Waals surface area contributed by atoms with Crippen molar-refractivity contribution in [2.45, 2.75) is 32.1 Å². The number of nitrogens with one attached hydrogen (secondary N) is 1. The molecule has 4 rings (SSSR count). The van der Waals surface area contributed by atoms with Gasteiger partial charge in [0.1, 0.15) is 5.52 Å². The molecule has 1 aromatic carbocycles. The van der Waals surface area contributed by atoms with Crippen LogP contribution in [0.2, 0.25) is 5.02 Å². The van der Waals surface area contributed by atoms with Gasteiger partial charge >= 0.3 is 0 Å². The molecule has 1 aromatic heterocycles. The van der Waals surface area contributed by atoms with Gasteiger partial charge in [-0.05, 0) is 69.9 Å². The van der Waals surface area contributed by atoms with Crippen molar-refractivity contribution in [3.63, 3.8) is 0 Å². The van der Waals surface area contributed by atoms with E-state index in [-0.39, 0.29) is 17.6 Å². The molecule has 0 radical (unpaired) electrons. The second kappa shape index (κ2) is 9.26. The van der Waals surface area contributed by atoms with E-state index in [1.54, 1.807) is 12.1 Å². The van der Waals surface area contributed by atoms with E-state index in [4.69, 9.17) is 11.6 Å². The van der Waals surface area contributed by atoms with Crippen molar-refractivity contribution >= 4 is 34.1 Å². The summed E-state index contributed by atoms with van der Waals surface area (Å²) >= 11 is 6.14. The molecule has 2 aliphatic heterocycles. The summed E-state index contributed by atoms with van der Waals surface area (Å²) in [4.78, 5) is 21.1. The van der Waals surface area contributed by atoms with Gasteiger partial charge in [-0.3, -0.25) is 9.78 Å². The Kier molecular flexibility index (Phi) is 6.50. The molecule has 3 heterocycles. The molecule has 0 unspecified atom stereocenters. The molecule has 0 spiro atoms. The van der Waals surface area contributed by atoms with E-state index in [1.807, 2.05) is 11.0 Å². The zero-order valence-corrected chi connectivity index (χ0v) is 17.4. The molecule has 0 atom stereocenters. The first-order valence-electron chi connectivity index (χ1n) is 10.6. The maximum atomic E-state index is 15.0. The van der Waals surface area contributed by atoms with Crippen LogP contribution in [-0.4, -0.2) is 55.1 Å². The Hall–Kier alpha value is -1.92. The van der Waals surface area contributed by atoms with E-state index in [9.17, 15) is 9.18 Å². The molecule has 29 heavy (non-hydrogen) atoms. The highest BCUT2D eigenvalue weighted by molar-refractivity contribution is 6.35. The summed E-state index contributed by atoms with van der Waals surface area (Å²) in [6, 6.07) is 5.25. The Bertz CT molecular complexity index is 863. The number of piperidine rings is 1. The monoisotopic (exact) mass is 418 g/mol. The number of fused-ring (bicyclic) bond motifs is 1. The Morgan fingerprint density at radius 2 is 1.93 bits per heavy atom.